The molecule has 0 fully saturated rings. The zero-order valence-electron chi connectivity index (χ0n) is 11.0. The minimum absolute atomic E-state index is 0.0564. The third kappa shape index (κ3) is 3.07. The predicted octanol–water partition coefficient (Wildman–Crippen LogP) is 5.57. The monoisotopic (exact) mass is 355 g/mol. The van der Waals surface area contributed by atoms with Crippen LogP contribution in [0.3, 0.4) is 0 Å². The van der Waals surface area contributed by atoms with Gasteiger partial charge in [-0.25, -0.2) is 0 Å². The van der Waals surface area contributed by atoms with Crippen molar-refractivity contribution in [2.24, 2.45) is 0 Å². The van der Waals surface area contributed by atoms with Crippen LogP contribution in [0.1, 0.15) is 29.2 Å². The summed E-state index contributed by atoms with van der Waals surface area (Å²) in [4.78, 5) is 0. The Kier molecular flexibility index (Phi) is 3.69. The van der Waals surface area contributed by atoms with E-state index in [1.165, 1.54) is 5.56 Å². The van der Waals surface area contributed by atoms with Crippen LogP contribution >= 0.6 is 15.9 Å². The Morgan fingerprint density at radius 2 is 1.76 bits per heavy atom. The highest BCUT2D eigenvalue weighted by molar-refractivity contribution is 9.10. The van der Waals surface area contributed by atoms with Crippen molar-refractivity contribution in [2.75, 3.05) is 5.32 Å². The van der Waals surface area contributed by atoms with Gasteiger partial charge in [-0.3, -0.25) is 0 Å². The summed E-state index contributed by atoms with van der Waals surface area (Å²) in [5.41, 5.74) is 2.56. The van der Waals surface area contributed by atoms with Gasteiger partial charge in [-0.05, 0) is 54.3 Å². The van der Waals surface area contributed by atoms with Crippen molar-refractivity contribution in [3.05, 3.63) is 63.6 Å². The van der Waals surface area contributed by atoms with Crippen LogP contribution in [0.15, 0.2) is 46.9 Å². The standard InChI is InChI=1S/C16H13BrF3N/c17-13-6-8-15-11(9-13)3-7-14(21-15)10-1-4-12(5-2-10)16(18,19)20/h1-2,4-6,8-9,14,21H,3,7H2. The second-order valence-electron chi connectivity index (χ2n) is 5.16. The van der Waals surface area contributed by atoms with E-state index < -0.39 is 11.7 Å². The van der Waals surface area contributed by atoms with Gasteiger partial charge in [0.2, 0.25) is 0 Å². The Hall–Kier alpha value is -1.49. The van der Waals surface area contributed by atoms with Gasteiger partial charge in [-0.1, -0.05) is 28.1 Å². The molecule has 1 aliphatic heterocycles. The molecule has 0 aromatic heterocycles. The second kappa shape index (κ2) is 5.37. The molecule has 1 N–H and O–H groups in total. The van der Waals surface area contributed by atoms with Crippen molar-refractivity contribution in [1.82, 2.24) is 0 Å². The van der Waals surface area contributed by atoms with E-state index in [1.807, 2.05) is 12.1 Å². The molecule has 21 heavy (non-hydrogen) atoms. The van der Waals surface area contributed by atoms with Crippen LogP contribution in [0.5, 0.6) is 0 Å². The Morgan fingerprint density at radius 1 is 1.05 bits per heavy atom. The molecule has 2 aromatic carbocycles. The van der Waals surface area contributed by atoms with Gasteiger partial charge in [0.25, 0.3) is 0 Å². The molecule has 1 nitrogen and oxygen atoms in total. The maximum Gasteiger partial charge on any atom is 0.416 e. The van der Waals surface area contributed by atoms with E-state index >= 15 is 0 Å². The highest BCUT2D eigenvalue weighted by atomic mass is 79.9. The third-order valence-electron chi connectivity index (χ3n) is 3.74. The van der Waals surface area contributed by atoms with E-state index in [0.29, 0.717) is 0 Å². The van der Waals surface area contributed by atoms with Gasteiger partial charge in [0.05, 0.1) is 11.6 Å². The van der Waals surface area contributed by atoms with E-state index in [-0.39, 0.29) is 6.04 Å². The molecule has 5 heteroatoms. The molecular formula is C16H13BrF3N. The summed E-state index contributed by atoms with van der Waals surface area (Å²) in [5, 5.41) is 3.40. The molecule has 2 aromatic rings. The minimum atomic E-state index is -4.28. The molecular weight excluding hydrogens is 343 g/mol. The van der Waals surface area contributed by atoms with E-state index in [9.17, 15) is 13.2 Å². The SMILES string of the molecule is FC(F)(F)c1ccc(C2CCc3cc(Br)ccc3N2)cc1. The molecule has 0 saturated heterocycles. The van der Waals surface area contributed by atoms with Crippen LogP contribution < -0.4 is 5.32 Å². The number of aryl methyl sites for hydroxylation is 1. The number of halogens is 4. The number of nitrogens with one attached hydrogen (secondary N) is 1. The van der Waals surface area contributed by atoms with Crippen molar-refractivity contribution in [1.29, 1.82) is 0 Å². The van der Waals surface area contributed by atoms with Gasteiger partial charge in [-0.15, -0.1) is 0 Å². The smallest absolute Gasteiger partial charge is 0.378 e. The van der Waals surface area contributed by atoms with Crippen molar-refractivity contribution >= 4 is 21.6 Å². The number of alkyl halides is 3. The highest BCUT2D eigenvalue weighted by Crippen LogP contribution is 2.35. The van der Waals surface area contributed by atoms with Crippen molar-refractivity contribution < 1.29 is 13.2 Å². The molecule has 1 unspecified atom stereocenters. The zero-order valence-corrected chi connectivity index (χ0v) is 12.6. The van der Waals surface area contributed by atoms with Gasteiger partial charge in [0.15, 0.2) is 0 Å². The lowest BCUT2D eigenvalue weighted by Crippen LogP contribution is -2.18. The first-order valence-electron chi connectivity index (χ1n) is 6.65. The summed E-state index contributed by atoms with van der Waals surface area (Å²) < 4.78 is 38.8. The molecule has 0 radical (unpaired) electrons. The molecule has 0 aliphatic carbocycles. The van der Waals surface area contributed by atoms with E-state index in [0.717, 1.165) is 40.7 Å². The summed E-state index contributed by atoms with van der Waals surface area (Å²) in [6.45, 7) is 0. The maximum absolute atomic E-state index is 12.6. The third-order valence-corrected chi connectivity index (χ3v) is 4.23. The summed E-state index contributed by atoms with van der Waals surface area (Å²) in [7, 11) is 0. The average molecular weight is 356 g/mol. The van der Waals surface area contributed by atoms with E-state index in [1.54, 1.807) is 12.1 Å². The lowest BCUT2D eigenvalue weighted by atomic mass is 9.93. The predicted molar refractivity (Wildman–Crippen MR) is 80.3 cm³/mol. The van der Waals surface area contributed by atoms with Gasteiger partial charge in [0, 0.05) is 10.2 Å². The van der Waals surface area contributed by atoms with Gasteiger partial charge >= 0.3 is 6.18 Å². The maximum atomic E-state index is 12.6. The number of rotatable bonds is 1. The molecule has 0 saturated carbocycles. The topological polar surface area (TPSA) is 12.0 Å². The number of hydrogen-bond acceptors (Lipinski definition) is 1. The van der Waals surface area contributed by atoms with E-state index in [2.05, 4.69) is 27.3 Å². The van der Waals surface area contributed by atoms with Crippen LogP contribution in [-0.2, 0) is 12.6 Å². The Balaban J connectivity index is 1.81. The summed E-state index contributed by atoms with van der Waals surface area (Å²) in [6.07, 6.45) is -2.50. The Labute approximate surface area is 129 Å². The molecule has 1 heterocycles. The molecule has 0 bridgehead atoms. The first-order chi connectivity index (χ1) is 9.93. The highest BCUT2D eigenvalue weighted by Gasteiger charge is 2.30. The van der Waals surface area contributed by atoms with Crippen molar-refractivity contribution in [2.45, 2.75) is 25.1 Å². The molecule has 1 atom stereocenters. The number of fused-ring (bicyclic) bond motifs is 1. The number of anilines is 1. The normalized spacial score (nSPS) is 18.0. The Bertz CT molecular complexity index is 650. The Morgan fingerprint density at radius 3 is 2.43 bits per heavy atom. The summed E-state index contributed by atoms with van der Waals surface area (Å²) in [5.74, 6) is 0. The van der Waals surface area contributed by atoms with Gasteiger partial charge in [0.1, 0.15) is 0 Å². The summed E-state index contributed by atoms with van der Waals surface area (Å²) in [6, 6.07) is 11.5. The molecule has 0 amide bonds. The quantitative estimate of drug-likeness (QED) is 0.705. The average Bonchev–Trinajstić information content (AvgIpc) is 2.46. The second-order valence-corrected chi connectivity index (χ2v) is 6.07. The van der Waals surface area contributed by atoms with Crippen LogP contribution in [0.25, 0.3) is 0 Å². The van der Waals surface area contributed by atoms with E-state index in [4.69, 9.17) is 0 Å². The van der Waals surface area contributed by atoms with Crippen LogP contribution in [0.2, 0.25) is 0 Å². The lowest BCUT2D eigenvalue weighted by molar-refractivity contribution is -0.137. The molecule has 0 spiro atoms. The van der Waals surface area contributed by atoms with Crippen LogP contribution in [-0.4, -0.2) is 0 Å². The number of hydrogen-bond donors (Lipinski definition) is 1. The van der Waals surface area contributed by atoms with Gasteiger partial charge in [-0.2, -0.15) is 13.2 Å². The largest absolute Gasteiger partial charge is 0.416 e. The molecule has 3 rings (SSSR count). The van der Waals surface area contributed by atoms with Gasteiger partial charge < -0.3 is 5.32 Å². The molecule has 1 aliphatic rings. The van der Waals surface area contributed by atoms with Crippen molar-refractivity contribution in [3.8, 4) is 0 Å². The van der Waals surface area contributed by atoms with Crippen LogP contribution in [0.4, 0.5) is 18.9 Å². The first-order valence-corrected chi connectivity index (χ1v) is 7.45. The molecule has 110 valence electrons. The summed E-state index contributed by atoms with van der Waals surface area (Å²) >= 11 is 3.44. The fraction of sp³-hybridized carbons (Fsp3) is 0.250. The first kappa shape index (κ1) is 14.4. The fourth-order valence-corrected chi connectivity index (χ4v) is 3.03. The zero-order chi connectivity index (χ0) is 15.0. The lowest BCUT2D eigenvalue weighted by Gasteiger charge is -2.27. The fourth-order valence-electron chi connectivity index (χ4n) is 2.62. The van der Waals surface area contributed by atoms with Crippen LogP contribution in [0, 0.1) is 0 Å². The van der Waals surface area contributed by atoms with Crippen molar-refractivity contribution in [3.63, 3.8) is 0 Å². The minimum Gasteiger partial charge on any atom is -0.378 e. The number of benzene rings is 2.